The summed E-state index contributed by atoms with van der Waals surface area (Å²) in [5.41, 5.74) is -1.34. The molecule has 2 aromatic rings. The van der Waals surface area contributed by atoms with Gasteiger partial charge in [0.1, 0.15) is 10.8 Å². The van der Waals surface area contributed by atoms with E-state index in [1.165, 1.54) is 22.3 Å². The van der Waals surface area contributed by atoms with Gasteiger partial charge in [-0.15, -0.1) is 11.3 Å². The number of thiazole rings is 1. The van der Waals surface area contributed by atoms with Crippen molar-refractivity contribution in [2.24, 2.45) is 0 Å². The van der Waals surface area contributed by atoms with Gasteiger partial charge in [0, 0.05) is 42.6 Å². The van der Waals surface area contributed by atoms with Gasteiger partial charge in [0.25, 0.3) is 0 Å². The lowest BCUT2D eigenvalue weighted by Crippen LogP contribution is -2.46. The highest BCUT2D eigenvalue weighted by Gasteiger charge is 2.57. The summed E-state index contributed by atoms with van der Waals surface area (Å²) in [5.74, 6) is -1.48. The molecule has 3 heterocycles. The zero-order valence-electron chi connectivity index (χ0n) is 17.8. The average Bonchev–Trinajstić information content (AvgIpc) is 3.57. The molecule has 0 bridgehead atoms. The van der Waals surface area contributed by atoms with Gasteiger partial charge in [-0.1, -0.05) is 31.0 Å². The number of carbonyl (C=O) groups is 3. The standard InChI is InChI=1S/C24H26FN3O3S/c25-18-9-4-3-8-17(18)24(15-21(30)28(23(24)31)16-6-1-2-7-16)14-20(29)27-12-5-10-19(27)22-26-11-13-32-22/h3-4,8-9,11,13,16,19H,1-2,5-7,10,12,14-15H2/t19-,24+/m0/s1. The van der Waals surface area contributed by atoms with Crippen molar-refractivity contribution in [2.75, 3.05) is 6.54 Å². The van der Waals surface area contributed by atoms with Crippen LogP contribution in [0.1, 0.15) is 68.0 Å². The molecule has 5 rings (SSSR count). The fourth-order valence-electron chi connectivity index (χ4n) is 5.67. The Labute approximate surface area is 190 Å². The van der Waals surface area contributed by atoms with Crippen molar-refractivity contribution in [3.63, 3.8) is 0 Å². The molecule has 0 radical (unpaired) electrons. The number of aromatic nitrogens is 1. The first-order valence-corrected chi connectivity index (χ1v) is 12.2. The van der Waals surface area contributed by atoms with Crippen molar-refractivity contribution in [1.29, 1.82) is 0 Å². The molecule has 0 spiro atoms. The zero-order chi connectivity index (χ0) is 22.3. The van der Waals surface area contributed by atoms with Gasteiger partial charge in [-0.05, 0) is 31.7 Å². The first-order chi connectivity index (χ1) is 15.5. The van der Waals surface area contributed by atoms with Crippen LogP contribution in [0, 0.1) is 5.82 Å². The second kappa shape index (κ2) is 8.39. The van der Waals surface area contributed by atoms with Crippen molar-refractivity contribution in [3.8, 4) is 0 Å². The molecule has 1 aliphatic carbocycles. The Bertz CT molecular complexity index is 1040. The Morgan fingerprint density at radius 1 is 1.16 bits per heavy atom. The maximum absolute atomic E-state index is 15.0. The third-order valence-corrected chi connectivity index (χ3v) is 8.07. The van der Waals surface area contributed by atoms with Crippen LogP contribution in [0.25, 0.3) is 0 Å². The minimum atomic E-state index is -1.49. The second-order valence-electron chi connectivity index (χ2n) is 9.04. The maximum atomic E-state index is 15.0. The van der Waals surface area contributed by atoms with E-state index in [0.29, 0.717) is 6.54 Å². The summed E-state index contributed by atoms with van der Waals surface area (Å²) in [7, 11) is 0. The number of likely N-dealkylation sites (tertiary alicyclic amines) is 2. The predicted octanol–water partition coefficient (Wildman–Crippen LogP) is 3.98. The van der Waals surface area contributed by atoms with Crippen LogP contribution >= 0.6 is 11.3 Å². The van der Waals surface area contributed by atoms with Gasteiger partial charge in [-0.3, -0.25) is 19.3 Å². The Morgan fingerprint density at radius 2 is 1.94 bits per heavy atom. The summed E-state index contributed by atoms with van der Waals surface area (Å²) < 4.78 is 15.0. The van der Waals surface area contributed by atoms with E-state index >= 15 is 4.39 Å². The smallest absolute Gasteiger partial charge is 0.241 e. The highest BCUT2D eigenvalue weighted by Crippen LogP contribution is 2.45. The van der Waals surface area contributed by atoms with Crippen LogP contribution in [-0.2, 0) is 19.8 Å². The number of halogens is 1. The van der Waals surface area contributed by atoms with Gasteiger partial charge in [0.05, 0.1) is 11.5 Å². The topological polar surface area (TPSA) is 70.6 Å². The highest BCUT2D eigenvalue weighted by molar-refractivity contribution is 7.09. The molecule has 3 aliphatic rings. The molecule has 1 aromatic heterocycles. The first-order valence-electron chi connectivity index (χ1n) is 11.3. The molecule has 2 saturated heterocycles. The molecule has 0 unspecified atom stereocenters. The largest absolute Gasteiger partial charge is 0.333 e. The normalized spacial score (nSPS) is 26.5. The van der Waals surface area contributed by atoms with E-state index in [-0.39, 0.29) is 42.3 Å². The third-order valence-electron chi connectivity index (χ3n) is 7.19. The number of nitrogens with zero attached hydrogens (tertiary/aromatic N) is 3. The minimum absolute atomic E-state index is 0.127. The number of imide groups is 1. The fourth-order valence-corrected chi connectivity index (χ4v) is 6.45. The molecule has 0 N–H and O–H groups in total. The van der Waals surface area contributed by atoms with Crippen molar-refractivity contribution >= 4 is 29.1 Å². The molecule has 32 heavy (non-hydrogen) atoms. The van der Waals surface area contributed by atoms with Crippen molar-refractivity contribution in [1.82, 2.24) is 14.8 Å². The molecular weight excluding hydrogens is 429 g/mol. The lowest BCUT2D eigenvalue weighted by Gasteiger charge is -2.32. The van der Waals surface area contributed by atoms with Gasteiger partial charge >= 0.3 is 0 Å². The summed E-state index contributed by atoms with van der Waals surface area (Å²) in [6, 6.07) is 5.80. The molecule has 2 atom stereocenters. The van der Waals surface area contributed by atoms with E-state index in [4.69, 9.17) is 0 Å². The van der Waals surface area contributed by atoms with E-state index in [1.54, 1.807) is 29.3 Å². The number of hydrogen-bond acceptors (Lipinski definition) is 5. The van der Waals surface area contributed by atoms with Gasteiger partial charge in [0.2, 0.25) is 17.7 Å². The van der Waals surface area contributed by atoms with Crippen molar-refractivity contribution < 1.29 is 18.8 Å². The second-order valence-corrected chi connectivity index (χ2v) is 9.96. The van der Waals surface area contributed by atoms with Gasteiger partial charge in [-0.25, -0.2) is 9.37 Å². The molecule has 6 nitrogen and oxygen atoms in total. The van der Waals surface area contributed by atoms with Crippen LogP contribution in [0.2, 0.25) is 0 Å². The molecular formula is C24H26FN3O3S. The van der Waals surface area contributed by atoms with Crippen molar-refractivity contribution in [3.05, 3.63) is 52.2 Å². The molecule has 3 amide bonds. The zero-order valence-corrected chi connectivity index (χ0v) is 18.7. The SMILES string of the molecule is O=C1C[C@](CC(=O)N2CCC[C@H]2c2nccs2)(c2ccccc2F)C(=O)N1C1CCCC1. The predicted molar refractivity (Wildman–Crippen MR) is 117 cm³/mol. The van der Waals surface area contributed by atoms with E-state index in [2.05, 4.69) is 4.98 Å². The third kappa shape index (κ3) is 3.45. The summed E-state index contributed by atoms with van der Waals surface area (Å²) in [6.07, 6.45) is 6.51. The van der Waals surface area contributed by atoms with E-state index in [0.717, 1.165) is 43.5 Å². The molecule has 1 saturated carbocycles. The first kappa shape index (κ1) is 21.2. The summed E-state index contributed by atoms with van der Waals surface area (Å²) >= 11 is 1.51. The Kier molecular flexibility index (Phi) is 5.57. The molecule has 3 fully saturated rings. The highest BCUT2D eigenvalue weighted by atomic mass is 32.1. The molecule has 168 valence electrons. The average molecular weight is 456 g/mol. The van der Waals surface area contributed by atoms with Crippen LogP contribution in [-0.4, -0.2) is 45.1 Å². The number of hydrogen-bond donors (Lipinski definition) is 0. The van der Waals surface area contributed by atoms with Gasteiger partial charge < -0.3 is 4.90 Å². The fraction of sp³-hybridized carbons (Fsp3) is 0.500. The monoisotopic (exact) mass is 455 g/mol. The van der Waals surface area contributed by atoms with Crippen LogP contribution < -0.4 is 0 Å². The van der Waals surface area contributed by atoms with E-state index in [1.807, 2.05) is 5.38 Å². The number of carbonyl (C=O) groups excluding carboxylic acids is 3. The molecule has 8 heteroatoms. The maximum Gasteiger partial charge on any atom is 0.241 e. The summed E-state index contributed by atoms with van der Waals surface area (Å²) in [5, 5.41) is 2.76. The summed E-state index contributed by atoms with van der Waals surface area (Å²) in [4.78, 5) is 47.9. The van der Waals surface area contributed by atoms with E-state index in [9.17, 15) is 14.4 Å². The molecule has 2 aliphatic heterocycles. The Hall–Kier alpha value is -2.61. The lowest BCUT2D eigenvalue weighted by atomic mass is 9.75. The Balaban J connectivity index is 1.50. The Morgan fingerprint density at radius 3 is 2.66 bits per heavy atom. The minimum Gasteiger partial charge on any atom is -0.333 e. The van der Waals surface area contributed by atoms with Gasteiger partial charge in [0.15, 0.2) is 0 Å². The van der Waals surface area contributed by atoms with E-state index < -0.39 is 17.1 Å². The number of amides is 3. The van der Waals surface area contributed by atoms with Crippen LogP contribution in [0.3, 0.4) is 0 Å². The van der Waals surface area contributed by atoms with Crippen LogP contribution in [0.15, 0.2) is 35.8 Å². The van der Waals surface area contributed by atoms with Gasteiger partial charge in [-0.2, -0.15) is 0 Å². The number of benzene rings is 1. The number of rotatable bonds is 5. The quantitative estimate of drug-likeness (QED) is 0.640. The lowest BCUT2D eigenvalue weighted by molar-refractivity contribution is -0.145. The molecule has 1 aromatic carbocycles. The summed E-state index contributed by atoms with van der Waals surface area (Å²) in [6.45, 7) is 0.574. The van der Waals surface area contributed by atoms with Crippen LogP contribution in [0.5, 0.6) is 0 Å². The van der Waals surface area contributed by atoms with Crippen molar-refractivity contribution in [2.45, 2.75) is 68.9 Å². The van der Waals surface area contributed by atoms with Crippen LogP contribution in [0.4, 0.5) is 4.39 Å².